The molecule has 2 amide bonds. The SMILES string of the molecule is CC(=O)N1CCN(c2ccc(N3CC(CNC(=S)C4CCCC4)OC3=O)cc2F)CC1. The molecule has 1 aromatic carbocycles. The highest BCUT2D eigenvalue weighted by atomic mass is 32.1. The second-order valence-corrected chi connectivity index (χ2v) is 8.91. The third kappa shape index (κ3) is 4.92. The van der Waals surface area contributed by atoms with Gasteiger partial charge in [-0.15, -0.1) is 0 Å². The fraction of sp³-hybridized carbons (Fsp3) is 0.591. The summed E-state index contributed by atoms with van der Waals surface area (Å²) in [6, 6.07) is 4.82. The fourth-order valence-electron chi connectivity index (χ4n) is 4.57. The number of thiocarbonyl (C=S) groups is 1. The zero-order chi connectivity index (χ0) is 22.0. The molecule has 2 heterocycles. The molecule has 4 rings (SSSR count). The number of nitrogens with zero attached hydrogens (tertiary/aromatic N) is 3. The van der Waals surface area contributed by atoms with Crippen LogP contribution in [0.5, 0.6) is 0 Å². The van der Waals surface area contributed by atoms with Gasteiger partial charge >= 0.3 is 6.09 Å². The molecule has 1 saturated carbocycles. The molecule has 168 valence electrons. The lowest BCUT2D eigenvalue weighted by atomic mass is 10.1. The van der Waals surface area contributed by atoms with Crippen LogP contribution in [0, 0.1) is 11.7 Å². The number of cyclic esters (lactones) is 1. The van der Waals surface area contributed by atoms with Gasteiger partial charge in [0.25, 0.3) is 0 Å². The van der Waals surface area contributed by atoms with Gasteiger partial charge in [-0.25, -0.2) is 9.18 Å². The number of benzene rings is 1. The Morgan fingerprint density at radius 3 is 2.58 bits per heavy atom. The van der Waals surface area contributed by atoms with Crippen LogP contribution in [0.15, 0.2) is 18.2 Å². The van der Waals surface area contributed by atoms with Gasteiger partial charge in [-0.3, -0.25) is 9.69 Å². The van der Waals surface area contributed by atoms with Gasteiger partial charge in [-0.2, -0.15) is 0 Å². The number of ether oxygens (including phenoxy) is 1. The Kier molecular flexibility index (Phi) is 6.60. The fourth-order valence-corrected chi connectivity index (χ4v) is 4.89. The molecular formula is C22H29FN4O3S. The number of carbonyl (C=O) groups is 2. The molecule has 2 aliphatic heterocycles. The van der Waals surface area contributed by atoms with Crippen molar-refractivity contribution in [1.29, 1.82) is 0 Å². The van der Waals surface area contributed by atoms with Crippen molar-refractivity contribution in [3.63, 3.8) is 0 Å². The Morgan fingerprint density at radius 1 is 1.23 bits per heavy atom. The molecule has 31 heavy (non-hydrogen) atoms. The number of anilines is 2. The van der Waals surface area contributed by atoms with Gasteiger partial charge in [0.2, 0.25) is 5.91 Å². The summed E-state index contributed by atoms with van der Waals surface area (Å²) in [6.07, 6.45) is 3.88. The number of hydrogen-bond acceptors (Lipinski definition) is 5. The maximum atomic E-state index is 14.9. The van der Waals surface area contributed by atoms with Crippen molar-refractivity contribution >= 4 is 40.6 Å². The first kappa shape index (κ1) is 21.8. The topological polar surface area (TPSA) is 65.1 Å². The second kappa shape index (κ2) is 9.38. The molecular weight excluding hydrogens is 419 g/mol. The van der Waals surface area contributed by atoms with E-state index in [-0.39, 0.29) is 17.8 Å². The quantitative estimate of drug-likeness (QED) is 0.699. The Balaban J connectivity index is 1.34. The van der Waals surface area contributed by atoms with Crippen molar-refractivity contribution in [3.05, 3.63) is 24.0 Å². The average molecular weight is 449 g/mol. The van der Waals surface area contributed by atoms with Crippen LogP contribution in [0.4, 0.5) is 20.6 Å². The standard InChI is InChI=1S/C22H29FN4O3S/c1-15(28)25-8-10-26(11-9-25)20-7-6-17(12-19(20)23)27-14-18(30-22(27)29)13-24-21(31)16-4-2-3-5-16/h6-7,12,16,18H,2-5,8-11,13-14H2,1H3,(H,24,31). The number of amides is 2. The zero-order valence-electron chi connectivity index (χ0n) is 17.8. The number of rotatable bonds is 5. The molecule has 1 unspecified atom stereocenters. The van der Waals surface area contributed by atoms with E-state index in [1.807, 2.05) is 4.90 Å². The lowest BCUT2D eigenvalue weighted by Crippen LogP contribution is -2.48. The Hall–Kier alpha value is -2.42. The molecule has 1 atom stereocenters. The van der Waals surface area contributed by atoms with Crippen LogP contribution >= 0.6 is 12.2 Å². The van der Waals surface area contributed by atoms with E-state index in [2.05, 4.69) is 5.32 Å². The summed E-state index contributed by atoms with van der Waals surface area (Å²) >= 11 is 5.47. The van der Waals surface area contributed by atoms with Crippen molar-refractivity contribution in [2.24, 2.45) is 5.92 Å². The summed E-state index contributed by atoms with van der Waals surface area (Å²) in [5.41, 5.74) is 0.967. The Morgan fingerprint density at radius 2 is 1.94 bits per heavy atom. The number of carbonyl (C=O) groups excluding carboxylic acids is 2. The molecule has 1 N–H and O–H groups in total. The second-order valence-electron chi connectivity index (χ2n) is 8.47. The number of hydrogen-bond donors (Lipinski definition) is 1. The highest BCUT2D eigenvalue weighted by Gasteiger charge is 2.33. The van der Waals surface area contributed by atoms with Crippen molar-refractivity contribution in [2.75, 3.05) is 49.1 Å². The van der Waals surface area contributed by atoms with E-state index in [1.165, 1.54) is 23.8 Å². The van der Waals surface area contributed by atoms with E-state index >= 15 is 0 Å². The normalized spacial score (nSPS) is 22.1. The summed E-state index contributed by atoms with van der Waals surface area (Å²) in [6.45, 7) is 4.68. The monoisotopic (exact) mass is 448 g/mol. The van der Waals surface area contributed by atoms with Crippen LogP contribution in [0.25, 0.3) is 0 Å². The van der Waals surface area contributed by atoms with Crippen molar-refractivity contribution in [3.8, 4) is 0 Å². The lowest BCUT2D eigenvalue weighted by molar-refractivity contribution is -0.129. The highest BCUT2D eigenvalue weighted by molar-refractivity contribution is 7.80. The minimum atomic E-state index is -0.471. The Bertz CT molecular complexity index is 853. The maximum absolute atomic E-state index is 14.9. The average Bonchev–Trinajstić information content (AvgIpc) is 3.42. The van der Waals surface area contributed by atoms with Gasteiger partial charge < -0.3 is 19.9 Å². The van der Waals surface area contributed by atoms with Gasteiger partial charge in [0.15, 0.2) is 0 Å². The van der Waals surface area contributed by atoms with Gasteiger partial charge in [0, 0.05) is 39.0 Å². The summed E-state index contributed by atoms with van der Waals surface area (Å²) in [5.74, 6) is 0.0868. The van der Waals surface area contributed by atoms with E-state index < -0.39 is 6.09 Å². The molecule has 0 aromatic heterocycles. The first-order chi connectivity index (χ1) is 14.9. The first-order valence-corrected chi connectivity index (χ1v) is 11.4. The van der Waals surface area contributed by atoms with E-state index in [4.69, 9.17) is 17.0 Å². The predicted octanol–water partition coefficient (Wildman–Crippen LogP) is 2.93. The third-order valence-corrected chi connectivity index (χ3v) is 6.89. The third-order valence-electron chi connectivity index (χ3n) is 6.41. The summed E-state index contributed by atoms with van der Waals surface area (Å²) < 4.78 is 20.3. The van der Waals surface area contributed by atoms with Gasteiger partial charge in [-0.05, 0) is 31.0 Å². The van der Waals surface area contributed by atoms with E-state index in [0.29, 0.717) is 56.6 Å². The number of piperazine rings is 1. The smallest absolute Gasteiger partial charge is 0.414 e. The van der Waals surface area contributed by atoms with E-state index in [1.54, 1.807) is 24.0 Å². The zero-order valence-corrected chi connectivity index (χ0v) is 18.6. The van der Waals surface area contributed by atoms with Crippen LogP contribution < -0.4 is 15.1 Å². The van der Waals surface area contributed by atoms with Crippen LogP contribution in [0.1, 0.15) is 32.6 Å². The maximum Gasteiger partial charge on any atom is 0.414 e. The molecule has 0 radical (unpaired) electrons. The molecule has 0 bridgehead atoms. The molecule has 7 nitrogen and oxygen atoms in total. The summed E-state index contributed by atoms with van der Waals surface area (Å²) in [4.78, 5) is 29.8. The van der Waals surface area contributed by atoms with E-state index in [0.717, 1.165) is 17.8 Å². The minimum absolute atomic E-state index is 0.0380. The van der Waals surface area contributed by atoms with Gasteiger partial charge in [0.05, 0.1) is 29.5 Å². The van der Waals surface area contributed by atoms with Crippen LogP contribution in [0.3, 0.4) is 0 Å². The summed E-state index contributed by atoms with van der Waals surface area (Å²) in [5, 5.41) is 3.25. The summed E-state index contributed by atoms with van der Waals surface area (Å²) in [7, 11) is 0. The minimum Gasteiger partial charge on any atom is -0.442 e. The molecule has 3 aliphatic rings. The largest absolute Gasteiger partial charge is 0.442 e. The number of halogens is 1. The number of nitrogens with one attached hydrogen (secondary N) is 1. The molecule has 1 aliphatic carbocycles. The molecule has 1 aromatic rings. The Labute approximate surface area is 187 Å². The highest BCUT2D eigenvalue weighted by Crippen LogP contribution is 2.29. The van der Waals surface area contributed by atoms with Crippen LogP contribution in [-0.4, -0.2) is 67.3 Å². The van der Waals surface area contributed by atoms with Crippen LogP contribution in [-0.2, 0) is 9.53 Å². The lowest BCUT2D eigenvalue weighted by Gasteiger charge is -2.35. The molecule has 9 heteroatoms. The van der Waals surface area contributed by atoms with Gasteiger partial charge in [0.1, 0.15) is 11.9 Å². The van der Waals surface area contributed by atoms with Crippen molar-refractivity contribution < 1.29 is 18.7 Å². The molecule has 0 spiro atoms. The van der Waals surface area contributed by atoms with Crippen LogP contribution in [0.2, 0.25) is 0 Å². The van der Waals surface area contributed by atoms with Gasteiger partial charge in [-0.1, -0.05) is 25.1 Å². The molecule has 2 saturated heterocycles. The molecule has 3 fully saturated rings. The predicted molar refractivity (Wildman–Crippen MR) is 121 cm³/mol. The van der Waals surface area contributed by atoms with E-state index in [9.17, 15) is 14.0 Å². The first-order valence-electron chi connectivity index (χ1n) is 11.0. The van der Waals surface area contributed by atoms with Crippen molar-refractivity contribution in [2.45, 2.75) is 38.7 Å². The van der Waals surface area contributed by atoms with Crippen molar-refractivity contribution in [1.82, 2.24) is 10.2 Å².